The van der Waals surface area contributed by atoms with E-state index in [9.17, 15) is 9.90 Å². The highest BCUT2D eigenvalue weighted by atomic mass is 79.9. The maximum atomic E-state index is 11.2. The number of ether oxygens (including phenoxy) is 1. The Bertz CT molecular complexity index is 397. The summed E-state index contributed by atoms with van der Waals surface area (Å²) < 4.78 is 6.40. The fraction of sp³-hybridized carbons (Fsp3) is 0.462. The van der Waals surface area contributed by atoms with E-state index in [1.165, 1.54) is 0 Å². The lowest BCUT2D eigenvalue weighted by Gasteiger charge is -2.16. The van der Waals surface area contributed by atoms with Crippen LogP contribution in [0.2, 0.25) is 0 Å². The summed E-state index contributed by atoms with van der Waals surface area (Å²) in [7, 11) is 1.58. The maximum Gasteiger partial charge on any atom is 0.236 e. The Morgan fingerprint density at radius 1 is 1.42 bits per heavy atom. The van der Waals surface area contributed by atoms with Gasteiger partial charge in [0.1, 0.15) is 18.5 Å². The van der Waals surface area contributed by atoms with E-state index in [-0.39, 0.29) is 18.6 Å². The highest BCUT2D eigenvalue weighted by Gasteiger charge is 2.12. The minimum absolute atomic E-state index is 0.110. The van der Waals surface area contributed by atoms with Crippen LogP contribution in [-0.4, -0.2) is 43.4 Å². The summed E-state index contributed by atoms with van der Waals surface area (Å²) in [6.45, 7) is 2.21. The quantitative estimate of drug-likeness (QED) is 0.695. The van der Waals surface area contributed by atoms with Crippen LogP contribution < -0.4 is 15.4 Å². The molecular formula is C13H19BrN2O3. The Labute approximate surface area is 121 Å². The number of carbonyl (C=O) groups excluding carboxylic acids is 1. The molecule has 0 aliphatic carbocycles. The van der Waals surface area contributed by atoms with Crippen molar-refractivity contribution in [2.45, 2.75) is 19.1 Å². The molecule has 2 atom stereocenters. The molecular weight excluding hydrogens is 312 g/mol. The molecule has 0 aromatic heterocycles. The summed E-state index contributed by atoms with van der Waals surface area (Å²) >= 11 is 3.33. The molecule has 0 saturated heterocycles. The lowest BCUT2D eigenvalue weighted by Crippen LogP contribution is -2.44. The van der Waals surface area contributed by atoms with E-state index in [4.69, 9.17) is 4.74 Å². The molecule has 1 aromatic rings. The number of halogens is 1. The Balaban J connectivity index is 2.26. The first-order valence-electron chi connectivity index (χ1n) is 6.04. The molecule has 106 valence electrons. The summed E-state index contributed by atoms with van der Waals surface area (Å²) in [4.78, 5) is 11.2. The van der Waals surface area contributed by atoms with E-state index in [1.54, 1.807) is 14.0 Å². The van der Waals surface area contributed by atoms with Crippen molar-refractivity contribution >= 4 is 21.8 Å². The van der Waals surface area contributed by atoms with Crippen molar-refractivity contribution in [3.8, 4) is 5.75 Å². The number of carbonyl (C=O) groups is 1. The summed E-state index contributed by atoms with van der Waals surface area (Å²) in [5, 5.41) is 15.2. The number of rotatable bonds is 7. The number of aliphatic hydroxyl groups excluding tert-OH is 1. The Hall–Kier alpha value is -1.11. The molecule has 0 saturated carbocycles. The largest absolute Gasteiger partial charge is 0.491 e. The van der Waals surface area contributed by atoms with Gasteiger partial charge in [-0.1, -0.05) is 15.9 Å². The van der Waals surface area contributed by atoms with Crippen LogP contribution in [0.15, 0.2) is 28.7 Å². The summed E-state index contributed by atoms with van der Waals surface area (Å²) in [6, 6.07) is 7.03. The molecule has 0 aliphatic heterocycles. The van der Waals surface area contributed by atoms with Crippen molar-refractivity contribution in [2.75, 3.05) is 20.2 Å². The third-order valence-corrected chi connectivity index (χ3v) is 3.08. The normalized spacial score (nSPS) is 13.7. The third kappa shape index (κ3) is 6.04. The molecule has 0 fully saturated rings. The fourth-order valence-corrected chi connectivity index (χ4v) is 1.67. The molecule has 0 spiro atoms. The second kappa shape index (κ2) is 8.14. The van der Waals surface area contributed by atoms with Crippen LogP contribution in [0.1, 0.15) is 6.92 Å². The second-order valence-electron chi connectivity index (χ2n) is 4.16. The van der Waals surface area contributed by atoms with Gasteiger partial charge in [0.25, 0.3) is 0 Å². The molecule has 0 aliphatic rings. The average Bonchev–Trinajstić information content (AvgIpc) is 2.43. The standard InChI is InChI=1S/C13H19BrN2O3/c1-9(13(18)15-2)16-7-11(17)8-19-12-5-3-10(14)4-6-12/h3-6,9,11,16-17H,7-8H2,1-2H3,(H,15,18). The molecule has 3 N–H and O–H groups in total. The predicted octanol–water partition coefficient (Wildman–Crippen LogP) is 0.913. The van der Waals surface area contributed by atoms with Crippen LogP contribution >= 0.6 is 15.9 Å². The molecule has 1 rings (SSSR count). The number of likely N-dealkylation sites (N-methyl/N-ethyl adjacent to an activating group) is 1. The highest BCUT2D eigenvalue weighted by Crippen LogP contribution is 2.16. The van der Waals surface area contributed by atoms with Crippen molar-refractivity contribution in [3.63, 3.8) is 0 Å². The molecule has 6 heteroatoms. The average molecular weight is 331 g/mol. The van der Waals surface area contributed by atoms with Gasteiger partial charge >= 0.3 is 0 Å². The van der Waals surface area contributed by atoms with Gasteiger partial charge in [0.2, 0.25) is 5.91 Å². The highest BCUT2D eigenvalue weighted by molar-refractivity contribution is 9.10. The third-order valence-electron chi connectivity index (χ3n) is 2.56. The van der Waals surface area contributed by atoms with Crippen molar-refractivity contribution in [2.24, 2.45) is 0 Å². The van der Waals surface area contributed by atoms with Crippen molar-refractivity contribution < 1.29 is 14.6 Å². The zero-order valence-electron chi connectivity index (χ0n) is 11.0. The minimum Gasteiger partial charge on any atom is -0.491 e. The molecule has 0 heterocycles. The number of aliphatic hydroxyl groups is 1. The van der Waals surface area contributed by atoms with E-state index in [0.29, 0.717) is 12.3 Å². The van der Waals surface area contributed by atoms with Gasteiger partial charge in [-0.25, -0.2) is 0 Å². The van der Waals surface area contributed by atoms with Gasteiger partial charge < -0.3 is 20.5 Å². The van der Waals surface area contributed by atoms with Gasteiger partial charge in [0.05, 0.1) is 6.04 Å². The second-order valence-corrected chi connectivity index (χ2v) is 5.08. The fourth-order valence-electron chi connectivity index (χ4n) is 1.40. The van der Waals surface area contributed by atoms with Gasteiger partial charge in [0, 0.05) is 18.1 Å². The van der Waals surface area contributed by atoms with Gasteiger partial charge in [0.15, 0.2) is 0 Å². The smallest absolute Gasteiger partial charge is 0.236 e. The number of hydrogen-bond donors (Lipinski definition) is 3. The van der Waals surface area contributed by atoms with Crippen LogP contribution in [-0.2, 0) is 4.79 Å². The molecule has 0 bridgehead atoms. The van der Waals surface area contributed by atoms with E-state index in [0.717, 1.165) is 4.47 Å². The van der Waals surface area contributed by atoms with E-state index >= 15 is 0 Å². The molecule has 5 nitrogen and oxygen atoms in total. The van der Waals surface area contributed by atoms with Gasteiger partial charge in [-0.2, -0.15) is 0 Å². The van der Waals surface area contributed by atoms with Crippen molar-refractivity contribution in [3.05, 3.63) is 28.7 Å². The Morgan fingerprint density at radius 2 is 2.05 bits per heavy atom. The van der Waals surface area contributed by atoms with Crippen molar-refractivity contribution in [1.29, 1.82) is 0 Å². The summed E-state index contributed by atoms with van der Waals surface area (Å²) in [6.07, 6.45) is -0.671. The predicted molar refractivity (Wildman–Crippen MR) is 77.2 cm³/mol. The van der Waals surface area contributed by atoms with Gasteiger partial charge in [-0.05, 0) is 31.2 Å². The van der Waals surface area contributed by atoms with Gasteiger partial charge in [-0.3, -0.25) is 4.79 Å². The number of amides is 1. The maximum absolute atomic E-state index is 11.2. The van der Waals surface area contributed by atoms with E-state index in [1.807, 2.05) is 24.3 Å². The zero-order chi connectivity index (χ0) is 14.3. The number of nitrogens with one attached hydrogen (secondary N) is 2. The number of hydrogen-bond acceptors (Lipinski definition) is 4. The summed E-state index contributed by atoms with van der Waals surface area (Å²) in [5.41, 5.74) is 0. The van der Waals surface area contributed by atoms with E-state index < -0.39 is 6.10 Å². The minimum atomic E-state index is -0.671. The molecule has 1 amide bonds. The summed E-state index contributed by atoms with van der Waals surface area (Å²) in [5.74, 6) is 0.586. The Kier molecular flexibility index (Phi) is 6.83. The van der Waals surface area contributed by atoms with Crippen molar-refractivity contribution in [1.82, 2.24) is 10.6 Å². The first-order chi connectivity index (χ1) is 9.02. The molecule has 1 aromatic carbocycles. The molecule has 19 heavy (non-hydrogen) atoms. The molecule has 2 unspecified atom stereocenters. The number of benzene rings is 1. The Morgan fingerprint density at radius 3 is 2.63 bits per heavy atom. The lowest BCUT2D eigenvalue weighted by atomic mass is 10.3. The lowest BCUT2D eigenvalue weighted by molar-refractivity contribution is -0.122. The first kappa shape index (κ1) is 15.9. The van der Waals surface area contributed by atoms with Gasteiger partial charge in [-0.15, -0.1) is 0 Å². The van der Waals surface area contributed by atoms with Crippen LogP contribution in [0.3, 0.4) is 0 Å². The SMILES string of the molecule is CNC(=O)C(C)NCC(O)COc1ccc(Br)cc1. The van der Waals surface area contributed by atoms with Crippen LogP contribution in [0.25, 0.3) is 0 Å². The monoisotopic (exact) mass is 330 g/mol. The van der Waals surface area contributed by atoms with Crippen LogP contribution in [0.5, 0.6) is 5.75 Å². The van der Waals surface area contributed by atoms with Crippen LogP contribution in [0.4, 0.5) is 0 Å². The first-order valence-corrected chi connectivity index (χ1v) is 6.83. The van der Waals surface area contributed by atoms with E-state index in [2.05, 4.69) is 26.6 Å². The topological polar surface area (TPSA) is 70.6 Å². The molecule has 0 radical (unpaired) electrons. The van der Waals surface area contributed by atoms with Crippen LogP contribution in [0, 0.1) is 0 Å². The zero-order valence-corrected chi connectivity index (χ0v) is 12.6.